The van der Waals surface area contributed by atoms with E-state index in [1.165, 1.54) is 12.1 Å². The molecular weight excluding hydrogens is 331 g/mol. The van der Waals surface area contributed by atoms with Crippen molar-refractivity contribution in [2.24, 2.45) is 4.99 Å². The van der Waals surface area contributed by atoms with Gasteiger partial charge in [-0.1, -0.05) is 12.1 Å². The van der Waals surface area contributed by atoms with Gasteiger partial charge in [-0.15, -0.1) is 0 Å². The highest BCUT2D eigenvalue weighted by Gasteiger charge is 2.29. The number of aliphatic imine (C=N–C) groups is 1. The van der Waals surface area contributed by atoms with Gasteiger partial charge in [0.1, 0.15) is 9.84 Å². The molecule has 0 bridgehead atoms. The van der Waals surface area contributed by atoms with Gasteiger partial charge in [-0.3, -0.25) is 4.99 Å². The number of rotatable bonds is 6. The van der Waals surface area contributed by atoms with Gasteiger partial charge in [-0.2, -0.15) is 13.2 Å². The second-order valence-electron chi connectivity index (χ2n) is 5.00. The molecule has 1 rings (SSSR count). The summed E-state index contributed by atoms with van der Waals surface area (Å²) in [5, 5.41) is 5.82. The van der Waals surface area contributed by atoms with Crippen LogP contribution in [0.3, 0.4) is 0 Å². The van der Waals surface area contributed by atoms with Crippen LogP contribution in [0.1, 0.15) is 11.1 Å². The lowest BCUT2D eigenvalue weighted by Gasteiger charge is -2.12. The van der Waals surface area contributed by atoms with E-state index in [1.807, 2.05) is 0 Å². The summed E-state index contributed by atoms with van der Waals surface area (Å²) in [6.45, 7) is 0.697. The van der Waals surface area contributed by atoms with Crippen molar-refractivity contribution in [1.82, 2.24) is 10.6 Å². The highest BCUT2D eigenvalue weighted by molar-refractivity contribution is 7.90. The quantitative estimate of drug-likeness (QED) is 0.601. The predicted octanol–water partition coefficient (Wildman–Crippen LogP) is 1.46. The molecule has 2 N–H and O–H groups in total. The highest BCUT2D eigenvalue weighted by atomic mass is 32.2. The number of halogens is 3. The fraction of sp³-hybridized carbons (Fsp3) is 0.500. The first-order chi connectivity index (χ1) is 10.6. The lowest BCUT2D eigenvalue weighted by atomic mass is 10.1. The molecule has 1 aromatic rings. The van der Waals surface area contributed by atoms with Crippen LogP contribution in [-0.2, 0) is 22.4 Å². The normalized spacial score (nSPS) is 13.0. The summed E-state index contributed by atoms with van der Waals surface area (Å²) in [4.78, 5) is 3.94. The molecule has 0 aliphatic carbocycles. The number of benzene rings is 1. The molecule has 9 heteroatoms. The topological polar surface area (TPSA) is 70.6 Å². The van der Waals surface area contributed by atoms with Crippen molar-refractivity contribution in [3.05, 3.63) is 35.4 Å². The van der Waals surface area contributed by atoms with Crippen LogP contribution in [0.5, 0.6) is 0 Å². The van der Waals surface area contributed by atoms with Gasteiger partial charge in [0, 0.05) is 26.4 Å². The minimum absolute atomic E-state index is 0.00734. The molecule has 0 fully saturated rings. The van der Waals surface area contributed by atoms with Crippen LogP contribution < -0.4 is 10.6 Å². The highest BCUT2D eigenvalue weighted by Crippen LogP contribution is 2.29. The molecule has 0 aromatic heterocycles. The standard InChI is InChI=1S/C14H20F3N3O2S/c1-18-13(20-9-10-23(2,21)22)19-8-7-11-3-5-12(6-4-11)14(15,16)17/h3-6H,7-10H2,1-2H3,(H2,18,19,20). The van der Waals surface area contributed by atoms with Gasteiger partial charge in [0.05, 0.1) is 11.3 Å². The number of nitrogens with one attached hydrogen (secondary N) is 2. The van der Waals surface area contributed by atoms with Crippen LogP contribution in [0.4, 0.5) is 13.2 Å². The van der Waals surface area contributed by atoms with Gasteiger partial charge in [0.15, 0.2) is 5.96 Å². The number of alkyl halides is 3. The third-order valence-electron chi connectivity index (χ3n) is 2.98. The summed E-state index contributed by atoms with van der Waals surface area (Å²) in [5.74, 6) is 0.438. The van der Waals surface area contributed by atoms with E-state index in [-0.39, 0.29) is 12.3 Å². The average molecular weight is 351 g/mol. The lowest BCUT2D eigenvalue weighted by Crippen LogP contribution is -2.40. The van der Waals surface area contributed by atoms with E-state index in [4.69, 9.17) is 0 Å². The Bertz CT molecular complexity index is 626. The Kier molecular flexibility index (Phi) is 6.86. The summed E-state index contributed by atoms with van der Waals surface area (Å²) in [6.07, 6.45) is -2.66. The van der Waals surface area contributed by atoms with Crippen molar-refractivity contribution in [3.63, 3.8) is 0 Å². The number of guanidine groups is 1. The van der Waals surface area contributed by atoms with Crippen LogP contribution in [0, 0.1) is 0 Å². The van der Waals surface area contributed by atoms with Crippen molar-refractivity contribution < 1.29 is 21.6 Å². The Hall–Kier alpha value is -1.77. The van der Waals surface area contributed by atoms with Crippen LogP contribution in [0.15, 0.2) is 29.3 Å². The zero-order valence-corrected chi connectivity index (χ0v) is 13.8. The molecule has 1 aromatic carbocycles. The van der Waals surface area contributed by atoms with E-state index in [0.29, 0.717) is 18.9 Å². The Balaban J connectivity index is 2.40. The minimum atomic E-state index is -4.33. The zero-order chi connectivity index (χ0) is 17.5. The number of sulfone groups is 1. The number of hydrogen-bond donors (Lipinski definition) is 2. The Labute approximate surface area is 133 Å². The molecule has 0 saturated heterocycles. The van der Waals surface area contributed by atoms with Gasteiger partial charge in [-0.05, 0) is 24.1 Å². The first-order valence-corrected chi connectivity index (χ1v) is 8.96. The molecule has 130 valence electrons. The van der Waals surface area contributed by atoms with Gasteiger partial charge in [0.25, 0.3) is 0 Å². The zero-order valence-electron chi connectivity index (χ0n) is 12.9. The Morgan fingerprint density at radius 3 is 2.17 bits per heavy atom. The number of hydrogen-bond acceptors (Lipinski definition) is 3. The minimum Gasteiger partial charge on any atom is -0.356 e. The maximum atomic E-state index is 12.4. The first kappa shape index (κ1) is 19.3. The van der Waals surface area contributed by atoms with E-state index in [1.54, 1.807) is 7.05 Å². The van der Waals surface area contributed by atoms with Gasteiger partial charge >= 0.3 is 6.18 Å². The molecule has 0 amide bonds. The predicted molar refractivity (Wildman–Crippen MR) is 84.2 cm³/mol. The number of nitrogens with zero attached hydrogens (tertiary/aromatic N) is 1. The van der Waals surface area contributed by atoms with Gasteiger partial charge < -0.3 is 10.6 Å². The molecule has 0 saturated carbocycles. The molecule has 0 atom stereocenters. The molecule has 0 radical (unpaired) electrons. The third-order valence-corrected chi connectivity index (χ3v) is 3.92. The van der Waals surface area contributed by atoms with Crippen molar-refractivity contribution in [1.29, 1.82) is 0 Å². The van der Waals surface area contributed by atoms with E-state index in [9.17, 15) is 21.6 Å². The lowest BCUT2D eigenvalue weighted by molar-refractivity contribution is -0.137. The second-order valence-corrected chi connectivity index (χ2v) is 7.26. The SMILES string of the molecule is CN=C(NCCc1ccc(C(F)(F)F)cc1)NCCS(C)(=O)=O. The van der Waals surface area contributed by atoms with Gasteiger partial charge in [-0.25, -0.2) is 8.42 Å². The van der Waals surface area contributed by atoms with Crippen molar-refractivity contribution >= 4 is 15.8 Å². The summed E-state index contributed by atoms with van der Waals surface area (Å²) >= 11 is 0. The molecule has 0 aliphatic rings. The van der Waals surface area contributed by atoms with E-state index in [0.717, 1.165) is 24.0 Å². The molecule has 0 aliphatic heterocycles. The Morgan fingerprint density at radius 1 is 1.13 bits per heavy atom. The van der Waals surface area contributed by atoms with Gasteiger partial charge in [0.2, 0.25) is 0 Å². The average Bonchev–Trinajstić information content (AvgIpc) is 2.44. The molecule has 0 heterocycles. The van der Waals surface area contributed by atoms with E-state index in [2.05, 4.69) is 15.6 Å². The van der Waals surface area contributed by atoms with Crippen LogP contribution in [-0.4, -0.2) is 46.5 Å². The summed E-state index contributed by atoms with van der Waals surface area (Å²) < 4.78 is 59.4. The van der Waals surface area contributed by atoms with Crippen LogP contribution in [0.25, 0.3) is 0 Å². The van der Waals surface area contributed by atoms with Crippen LogP contribution >= 0.6 is 0 Å². The van der Waals surface area contributed by atoms with Crippen molar-refractivity contribution in [2.75, 3.05) is 32.1 Å². The fourth-order valence-electron chi connectivity index (χ4n) is 1.76. The first-order valence-electron chi connectivity index (χ1n) is 6.90. The molecular formula is C14H20F3N3O2S. The monoisotopic (exact) mass is 351 g/mol. The maximum Gasteiger partial charge on any atom is 0.416 e. The largest absolute Gasteiger partial charge is 0.416 e. The van der Waals surface area contributed by atoms with Crippen LogP contribution in [0.2, 0.25) is 0 Å². The molecule has 0 unspecified atom stereocenters. The summed E-state index contributed by atoms with van der Waals surface area (Å²) in [6, 6.07) is 4.97. The maximum absolute atomic E-state index is 12.4. The summed E-state index contributed by atoms with van der Waals surface area (Å²) in [7, 11) is -1.50. The second kappa shape index (κ2) is 8.19. The van der Waals surface area contributed by atoms with E-state index < -0.39 is 21.6 Å². The Morgan fingerprint density at radius 2 is 1.70 bits per heavy atom. The third kappa shape index (κ3) is 7.87. The van der Waals surface area contributed by atoms with E-state index >= 15 is 0 Å². The molecule has 0 spiro atoms. The van der Waals surface area contributed by atoms with Crippen molar-refractivity contribution in [2.45, 2.75) is 12.6 Å². The summed E-state index contributed by atoms with van der Waals surface area (Å²) in [5.41, 5.74) is 0.0875. The fourth-order valence-corrected chi connectivity index (χ4v) is 2.23. The van der Waals surface area contributed by atoms with Crippen molar-refractivity contribution in [3.8, 4) is 0 Å². The molecule has 23 heavy (non-hydrogen) atoms. The smallest absolute Gasteiger partial charge is 0.356 e. The molecule has 5 nitrogen and oxygen atoms in total.